The van der Waals surface area contributed by atoms with Crippen LogP contribution in [0.15, 0.2) is 77.3 Å². The van der Waals surface area contributed by atoms with E-state index in [-0.39, 0.29) is 17.6 Å². The number of rotatable bonds is 10. The van der Waals surface area contributed by atoms with Gasteiger partial charge in [-0.15, -0.1) is 11.3 Å². The van der Waals surface area contributed by atoms with Gasteiger partial charge in [0.15, 0.2) is 5.16 Å². The van der Waals surface area contributed by atoms with Gasteiger partial charge in [0.1, 0.15) is 11.8 Å². The highest BCUT2D eigenvalue weighted by molar-refractivity contribution is 7.99. The Kier molecular flexibility index (Phi) is 9.15. The van der Waals surface area contributed by atoms with E-state index in [4.69, 9.17) is 4.74 Å². The summed E-state index contributed by atoms with van der Waals surface area (Å²) in [6.07, 6.45) is 0. The Bertz CT molecular complexity index is 1370. The van der Waals surface area contributed by atoms with E-state index in [1.54, 1.807) is 36.3 Å². The molecular weight excluding hydrogens is 516 g/mol. The van der Waals surface area contributed by atoms with Gasteiger partial charge < -0.3 is 15.0 Å². The van der Waals surface area contributed by atoms with Gasteiger partial charge in [-0.3, -0.25) is 9.59 Å². The van der Waals surface area contributed by atoms with Crippen molar-refractivity contribution in [3.05, 3.63) is 99.5 Å². The van der Waals surface area contributed by atoms with E-state index < -0.39 is 6.04 Å². The molecule has 0 aliphatic rings. The second-order valence-corrected chi connectivity index (χ2v) is 10.7. The van der Waals surface area contributed by atoms with E-state index in [0.29, 0.717) is 23.1 Å². The maximum Gasteiger partial charge on any atom is 0.252 e. The van der Waals surface area contributed by atoms with Crippen molar-refractivity contribution >= 4 is 40.6 Å². The third-order valence-electron chi connectivity index (χ3n) is 5.94. The normalized spacial score (nSPS) is 11.6. The zero-order chi connectivity index (χ0) is 27.1. The molecule has 196 valence electrons. The summed E-state index contributed by atoms with van der Waals surface area (Å²) in [5, 5.41) is 5.45. The molecule has 0 saturated heterocycles. The first kappa shape index (κ1) is 27.3. The molecule has 4 aromatic rings. The number of amides is 2. The Balaban J connectivity index is 1.65. The van der Waals surface area contributed by atoms with Crippen LogP contribution in [0.5, 0.6) is 5.75 Å². The van der Waals surface area contributed by atoms with Crippen molar-refractivity contribution in [1.82, 2.24) is 14.9 Å². The number of hydrogen-bond acceptors (Lipinski definition) is 7. The van der Waals surface area contributed by atoms with Crippen molar-refractivity contribution in [2.75, 3.05) is 18.2 Å². The molecule has 2 amide bonds. The Morgan fingerprint density at radius 1 is 1.00 bits per heavy atom. The maximum absolute atomic E-state index is 13.8. The summed E-state index contributed by atoms with van der Waals surface area (Å²) in [7, 11) is 1.59. The van der Waals surface area contributed by atoms with Crippen LogP contribution < -0.4 is 10.1 Å². The van der Waals surface area contributed by atoms with Crippen molar-refractivity contribution < 1.29 is 14.3 Å². The van der Waals surface area contributed by atoms with Crippen LogP contribution in [-0.2, 0) is 16.1 Å². The van der Waals surface area contributed by atoms with Crippen molar-refractivity contribution in [1.29, 1.82) is 0 Å². The minimum atomic E-state index is -0.815. The minimum Gasteiger partial charge on any atom is -0.497 e. The fraction of sp³-hybridized carbons (Fsp3) is 0.241. The second kappa shape index (κ2) is 12.7. The number of aryl methyl sites for hydroxylation is 3. The highest BCUT2D eigenvalue weighted by Crippen LogP contribution is 2.30. The first-order chi connectivity index (χ1) is 18.3. The summed E-state index contributed by atoms with van der Waals surface area (Å²) in [5.41, 5.74) is 4.35. The quantitative estimate of drug-likeness (QED) is 0.195. The molecule has 38 heavy (non-hydrogen) atoms. The van der Waals surface area contributed by atoms with Crippen molar-refractivity contribution in [2.45, 2.75) is 38.5 Å². The number of carbonyl (C=O) groups excluding carboxylic acids is 2. The molecule has 2 aromatic carbocycles. The van der Waals surface area contributed by atoms with E-state index >= 15 is 0 Å². The van der Waals surface area contributed by atoms with Crippen LogP contribution in [0.25, 0.3) is 0 Å². The lowest BCUT2D eigenvalue weighted by Crippen LogP contribution is -2.41. The Labute approximate surface area is 231 Å². The number of hydrogen-bond donors (Lipinski definition) is 1. The van der Waals surface area contributed by atoms with Crippen molar-refractivity contribution in [3.8, 4) is 5.75 Å². The van der Waals surface area contributed by atoms with Crippen LogP contribution in [0.1, 0.15) is 33.4 Å². The van der Waals surface area contributed by atoms with Crippen LogP contribution in [0, 0.1) is 20.8 Å². The molecule has 0 radical (unpaired) electrons. The Hall–Kier alpha value is -3.69. The molecule has 0 unspecified atom stereocenters. The number of methoxy groups -OCH3 is 1. The van der Waals surface area contributed by atoms with Crippen LogP contribution in [0.2, 0.25) is 0 Å². The van der Waals surface area contributed by atoms with Crippen molar-refractivity contribution in [2.24, 2.45) is 0 Å². The van der Waals surface area contributed by atoms with E-state index in [1.165, 1.54) is 23.1 Å². The molecule has 0 spiro atoms. The van der Waals surface area contributed by atoms with Gasteiger partial charge in [-0.2, -0.15) is 0 Å². The van der Waals surface area contributed by atoms with Gasteiger partial charge in [0.25, 0.3) is 5.91 Å². The summed E-state index contributed by atoms with van der Waals surface area (Å²) in [4.78, 5) is 39.0. The summed E-state index contributed by atoms with van der Waals surface area (Å²) in [6.45, 7) is 6.11. The average Bonchev–Trinajstić information content (AvgIpc) is 3.42. The van der Waals surface area contributed by atoms with E-state index in [9.17, 15) is 9.59 Å². The van der Waals surface area contributed by atoms with E-state index in [2.05, 4.69) is 15.3 Å². The standard InChI is InChI=1S/C29H30N4O3S2/c1-19-8-5-6-9-22(19)17-33(26(34)18-38-29-30-20(2)16-21(3)31-29)27(25-10-7-15-37-25)28(35)32-23-11-13-24(36-4)14-12-23/h5-16,27H,17-18H2,1-4H3,(H,32,35)/t27-/m1/s1. The van der Waals surface area contributed by atoms with Gasteiger partial charge in [-0.1, -0.05) is 42.1 Å². The topological polar surface area (TPSA) is 84.4 Å². The van der Waals surface area contributed by atoms with Crippen LogP contribution in [0.3, 0.4) is 0 Å². The van der Waals surface area contributed by atoms with E-state index in [1.807, 2.05) is 68.6 Å². The number of thioether (sulfide) groups is 1. The number of nitrogens with one attached hydrogen (secondary N) is 1. The first-order valence-electron chi connectivity index (χ1n) is 12.1. The lowest BCUT2D eigenvalue weighted by Gasteiger charge is -2.31. The molecule has 9 heteroatoms. The minimum absolute atomic E-state index is 0.104. The Morgan fingerprint density at radius 3 is 2.34 bits per heavy atom. The SMILES string of the molecule is COc1ccc(NC(=O)[C@@H](c2cccs2)N(Cc2ccccc2C)C(=O)CSc2nc(C)cc(C)n2)cc1. The zero-order valence-electron chi connectivity index (χ0n) is 21.8. The highest BCUT2D eigenvalue weighted by atomic mass is 32.2. The maximum atomic E-state index is 13.8. The van der Waals surface area contributed by atoms with Gasteiger partial charge in [0.05, 0.1) is 12.9 Å². The van der Waals surface area contributed by atoms with Gasteiger partial charge in [-0.05, 0) is 73.7 Å². The summed E-state index contributed by atoms with van der Waals surface area (Å²) >= 11 is 2.73. The highest BCUT2D eigenvalue weighted by Gasteiger charge is 2.33. The molecule has 4 rings (SSSR count). The number of anilines is 1. The molecule has 0 aliphatic heterocycles. The lowest BCUT2D eigenvalue weighted by atomic mass is 10.1. The molecule has 1 N–H and O–H groups in total. The summed E-state index contributed by atoms with van der Waals surface area (Å²) in [5.74, 6) is 0.336. The fourth-order valence-electron chi connectivity index (χ4n) is 4.02. The lowest BCUT2D eigenvalue weighted by molar-refractivity contribution is -0.137. The molecule has 1 atom stereocenters. The molecule has 0 saturated carbocycles. The van der Waals surface area contributed by atoms with E-state index in [0.717, 1.165) is 27.4 Å². The Morgan fingerprint density at radius 2 is 1.71 bits per heavy atom. The van der Waals surface area contributed by atoms with Crippen molar-refractivity contribution in [3.63, 3.8) is 0 Å². The molecule has 2 heterocycles. The third kappa shape index (κ3) is 6.99. The molecule has 0 fully saturated rings. The molecular formula is C29H30N4O3S2. The number of thiophene rings is 1. The van der Waals surface area contributed by atoms with Crippen LogP contribution >= 0.6 is 23.1 Å². The third-order valence-corrected chi connectivity index (χ3v) is 7.70. The number of nitrogens with zero attached hydrogens (tertiary/aromatic N) is 3. The van der Waals surface area contributed by atoms with Gasteiger partial charge in [0.2, 0.25) is 5.91 Å². The van der Waals surface area contributed by atoms with Gasteiger partial charge in [0, 0.05) is 28.5 Å². The molecule has 7 nitrogen and oxygen atoms in total. The smallest absolute Gasteiger partial charge is 0.252 e. The fourth-order valence-corrected chi connectivity index (χ4v) is 5.69. The van der Waals surface area contributed by atoms with Crippen LogP contribution in [0.4, 0.5) is 5.69 Å². The second-order valence-electron chi connectivity index (χ2n) is 8.81. The number of aromatic nitrogens is 2. The summed E-state index contributed by atoms with van der Waals surface area (Å²) in [6, 6.07) is 19.9. The molecule has 0 bridgehead atoms. The molecule has 0 aliphatic carbocycles. The van der Waals surface area contributed by atoms with Gasteiger partial charge >= 0.3 is 0 Å². The number of carbonyl (C=O) groups is 2. The van der Waals surface area contributed by atoms with Gasteiger partial charge in [-0.25, -0.2) is 9.97 Å². The predicted octanol–water partition coefficient (Wildman–Crippen LogP) is 5.97. The zero-order valence-corrected chi connectivity index (χ0v) is 23.4. The first-order valence-corrected chi connectivity index (χ1v) is 14.0. The largest absolute Gasteiger partial charge is 0.497 e. The number of benzene rings is 2. The summed E-state index contributed by atoms with van der Waals surface area (Å²) < 4.78 is 5.23. The van der Waals surface area contributed by atoms with Crippen LogP contribution in [-0.4, -0.2) is 39.5 Å². The average molecular weight is 547 g/mol. The predicted molar refractivity (Wildman–Crippen MR) is 153 cm³/mol. The monoisotopic (exact) mass is 546 g/mol. The molecule has 2 aromatic heterocycles. The number of ether oxygens (including phenoxy) is 1.